The number of carbonyl (C=O) groups excluding carboxylic acids is 1. The van der Waals surface area contributed by atoms with Gasteiger partial charge < -0.3 is 24.8 Å². The second-order valence-electron chi connectivity index (χ2n) is 9.03. The number of H-pyrrole nitrogens is 1. The lowest BCUT2D eigenvalue weighted by Gasteiger charge is -2.37. The molecule has 0 spiro atoms. The van der Waals surface area contributed by atoms with Crippen molar-refractivity contribution in [2.24, 2.45) is 0 Å². The Bertz CT molecular complexity index is 1110. The van der Waals surface area contributed by atoms with Gasteiger partial charge in [-0.3, -0.25) is 10.00 Å². The minimum Gasteiger partial charge on any atom is -0.497 e. The summed E-state index contributed by atoms with van der Waals surface area (Å²) in [6.45, 7) is 2.97. The van der Waals surface area contributed by atoms with Crippen molar-refractivity contribution >= 4 is 11.7 Å². The smallest absolute Gasteiger partial charge is 0.325 e. The van der Waals surface area contributed by atoms with Crippen LogP contribution in [0.5, 0.6) is 5.75 Å². The number of ether oxygens (including phenoxy) is 2. The number of aliphatic hydroxyl groups is 1. The molecule has 192 valence electrons. The molecule has 0 saturated carbocycles. The maximum absolute atomic E-state index is 13.9. The molecule has 0 bridgehead atoms. The first kappa shape index (κ1) is 25.7. The van der Waals surface area contributed by atoms with Gasteiger partial charge in [0.05, 0.1) is 32.0 Å². The fraction of sp³-hybridized carbons (Fsp3) is 0.407. The molecule has 36 heavy (non-hydrogen) atoms. The van der Waals surface area contributed by atoms with Gasteiger partial charge in [0.25, 0.3) is 0 Å². The summed E-state index contributed by atoms with van der Waals surface area (Å²) in [6, 6.07) is 15.6. The maximum atomic E-state index is 13.9. The van der Waals surface area contributed by atoms with Crippen LogP contribution in [-0.2, 0) is 11.3 Å². The molecule has 3 N–H and O–H groups in total. The topological polar surface area (TPSA) is 103 Å². The molecule has 2 heterocycles. The maximum Gasteiger partial charge on any atom is 0.325 e. The summed E-state index contributed by atoms with van der Waals surface area (Å²) in [5.74, 6) is 0.750. The zero-order valence-electron chi connectivity index (χ0n) is 20.9. The number of aliphatic hydroxyl groups excluding tert-OH is 1. The van der Waals surface area contributed by atoms with Crippen molar-refractivity contribution < 1.29 is 19.4 Å². The number of aromatic nitrogens is 2. The number of urea groups is 1. The van der Waals surface area contributed by atoms with Gasteiger partial charge in [-0.15, -0.1) is 0 Å². The first-order chi connectivity index (χ1) is 17.6. The number of benzene rings is 2. The van der Waals surface area contributed by atoms with Gasteiger partial charge in [-0.05, 0) is 54.8 Å². The van der Waals surface area contributed by atoms with E-state index < -0.39 is 5.54 Å². The lowest BCUT2D eigenvalue weighted by Crippen LogP contribution is -2.49. The van der Waals surface area contributed by atoms with Crippen molar-refractivity contribution in [3.8, 4) is 16.9 Å². The van der Waals surface area contributed by atoms with Gasteiger partial charge in [0.2, 0.25) is 0 Å². The number of nitrogens with one attached hydrogen (secondary N) is 2. The molecule has 4 rings (SSSR count). The average molecular weight is 494 g/mol. The quantitative estimate of drug-likeness (QED) is 0.316. The summed E-state index contributed by atoms with van der Waals surface area (Å²) in [5.41, 5.74) is 3.30. The molecular weight excluding hydrogens is 458 g/mol. The van der Waals surface area contributed by atoms with Crippen molar-refractivity contribution in [2.75, 3.05) is 52.0 Å². The first-order valence-corrected chi connectivity index (χ1v) is 12.2. The lowest BCUT2D eigenvalue weighted by molar-refractivity contribution is 0.109. The fourth-order valence-corrected chi connectivity index (χ4v) is 4.81. The number of anilines is 1. The molecule has 2 amide bonds. The van der Waals surface area contributed by atoms with Crippen LogP contribution < -0.4 is 15.0 Å². The predicted octanol–water partition coefficient (Wildman–Crippen LogP) is 3.27. The summed E-state index contributed by atoms with van der Waals surface area (Å²) < 4.78 is 10.5. The monoisotopic (exact) mass is 493 g/mol. The standard InChI is InChI=1S/C27H35N5O4/c1-35-15-13-28-12-10-27(11-14-33)20-31(24-8-6-22(7-9-24)23-17-29-30-18-23)26(34)32(27)19-21-4-3-5-25(16-21)36-2/h3-9,16-18,28,33H,10-15,19-20H2,1-2H3,(H,29,30). The highest BCUT2D eigenvalue weighted by molar-refractivity contribution is 5.95. The third-order valence-corrected chi connectivity index (χ3v) is 6.80. The zero-order valence-corrected chi connectivity index (χ0v) is 20.9. The number of amides is 2. The summed E-state index contributed by atoms with van der Waals surface area (Å²) >= 11 is 0. The van der Waals surface area contributed by atoms with Gasteiger partial charge in [0, 0.05) is 44.3 Å². The number of hydrogen-bond donors (Lipinski definition) is 3. The molecule has 3 aromatic rings. The Balaban J connectivity index is 1.62. The van der Waals surface area contributed by atoms with Crippen molar-refractivity contribution in [1.82, 2.24) is 20.4 Å². The highest BCUT2D eigenvalue weighted by atomic mass is 16.5. The number of hydrogen-bond acceptors (Lipinski definition) is 6. The van der Waals surface area contributed by atoms with E-state index in [2.05, 4.69) is 15.5 Å². The Labute approximate surface area is 212 Å². The van der Waals surface area contributed by atoms with Gasteiger partial charge in [-0.25, -0.2) is 4.79 Å². The average Bonchev–Trinajstić information content (AvgIpc) is 3.53. The largest absolute Gasteiger partial charge is 0.497 e. The molecule has 1 saturated heterocycles. The van der Waals surface area contributed by atoms with Crippen LogP contribution in [0.1, 0.15) is 18.4 Å². The first-order valence-electron chi connectivity index (χ1n) is 12.2. The Kier molecular flexibility index (Phi) is 8.58. The van der Waals surface area contributed by atoms with Gasteiger partial charge in [-0.1, -0.05) is 24.3 Å². The Hall–Kier alpha value is -3.40. The highest BCUT2D eigenvalue weighted by Crippen LogP contribution is 2.37. The summed E-state index contributed by atoms with van der Waals surface area (Å²) in [6.07, 6.45) is 4.80. The second-order valence-corrected chi connectivity index (χ2v) is 9.03. The zero-order chi connectivity index (χ0) is 25.4. The SMILES string of the molecule is COCCNCCC1(CCO)CN(c2ccc(-c3cn[nH]c3)cc2)C(=O)N1Cc1cccc(OC)c1. The van der Waals surface area contributed by atoms with E-state index in [1.165, 1.54) is 0 Å². The molecular formula is C27H35N5O4. The van der Waals surface area contributed by atoms with E-state index in [9.17, 15) is 9.90 Å². The molecule has 9 heteroatoms. The van der Waals surface area contributed by atoms with Crippen LogP contribution in [-0.4, -0.2) is 78.8 Å². The minimum atomic E-state index is -0.530. The van der Waals surface area contributed by atoms with Crippen LogP contribution in [0.2, 0.25) is 0 Å². The van der Waals surface area contributed by atoms with Crippen LogP contribution in [0.4, 0.5) is 10.5 Å². The summed E-state index contributed by atoms with van der Waals surface area (Å²) in [5, 5.41) is 20.3. The Morgan fingerprint density at radius 3 is 2.64 bits per heavy atom. The van der Waals surface area contributed by atoms with Crippen molar-refractivity contribution in [3.05, 3.63) is 66.5 Å². The normalized spacial score (nSPS) is 17.7. The number of methoxy groups -OCH3 is 2. The van der Waals surface area contributed by atoms with Crippen LogP contribution >= 0.6 is 0 Å². The van der Waals surface area contributed by atoms with Crippen molar-refractivity contribution in [3.63, 3.8) is 0 Å². The number of aromatic amines is 1. The van der Waals surface area contributed by atoms with Gasteiger partial charge in [0.1, 0.15) is 5.75 Å². The van der Waals surface area contributed by atoms with Crippen LogP contribution in [0.25, 0.3) is 11.1 Å². The number of nitrogens with zero attached hydrogens (tertiary/aromatic N) is 3. The van der Waals surface area contributed by atoms with Crippen molar-refractivity contribution in [2.45, 2.75) is 24.9 Å². The molecule has 1 fully saturated rings. The second kappa shape index (κ2) is 12.0. The van der Waals surface area contributed by atoms with E-state index in [1.807, 2.05) is 64.5 Å². The fourth-order valence-electron chi connectivity index (χ4n) is 4.81. The van der Waals surface area contributed by atoms with Gasteiger partial charge >= 0.3 is 6.03 Å². The molecule has 0 radical (unpaired) electrons. The summed E-state index contributed by atoms with van der Waals surface area (Å²) in [4.78, 5) is 17.6. The Morgan fingerprint density at radius 2 is 1.94 bits per heavy atom. The highest BCUT2D eigenvalue weighted by Gasteiger charge is 2.49. The molecule has 0 aliphatic carbocycles. The molecule has 1 aliphatic heterocycles. The minimum absolute atomic E-state index is 0.00672. The Morgan fingerprint density at radius 1 is 1.11 bits per heavy atom. The molecule has 1 unspecified atom stereocenters. The number of carbonyl (C=O) groups is 1. The third-order valence-electron chi connectivity index (χ3n) is 6.80. The third kappa shape index (κ3) is 5.70. The van der Waals surface area contributed by atoms with E-state index in [-0.39, 0.29) is 12.6 Å². The number of rotatable bonds is 13. The molecule has 1 aromatic heterocycles. The van der Waals surface area contributed by atoms with Gasteiger partial charge in [-0.2, -0.15) is 5.10 Å². The summed E-state index contributed by atoms with van der Waals surface area (Å²) in [7, 11) is 3.31. The predicted molar refractivity (Wildman–Crippen MR) is 139 cm³/mol. The molecule has 9 nitrogen and oxygen atoms in total. The van der Waals surface area contributed by atoms with Crippen LogP contribution in [0.15, 0.2) is 60.9 Å². The lowest BCUT2D eigenvalue weighted by atomic mass is 9.89. The van der Waals surface area contributed by atoms with Crippen LogP contribution in [0, 0.1) is 0 Å². The molecule has 1 atom stereocenters. The van der Waals surface area contributed by atoms with E-state index in [0.29, 0.717) is 39.1 Å². The molecule has 1 aliphatic rings. The molecule has 2 aromatic carbocycles. The van der Waals surface area contributed by atoms with E-state index in [1.54, 1.807) is 20.4 Å². The van der Waals surface area contributed by atoms with E-state index in [4.69, 9.17) is 9.47 Å². The van der Waals surface area contributed by atoms with Crippen LogP contribution in [0.3, 0.4) is 0 Å². The van der Waals surface area contributed by atoms with Gasteiger partial charge in [0.15, 0.2) is 0 Å². The van der Waals surface area contributed by atoms with Crippen molar-refractivity contribution in [1.29, 1.82) is 0 Å². The van der Waals surface area contributed by atoms with E-state index in [0.717, 1.165) is 34.7 Å². The van der Waals surface area contributed by atoms with E-state index >= 15 is 0 Å².